The molecule has 1 N–H and O–H groups in total. The number of hydrogen-bond donors (Lipinski definition) is 1. The van der Waals surface area contributed by atoms with Gasteiger partial charge in [0.2, 0.25) is 0 Å². The van der Waals surface area contributed by atoms with E-state index in [0.717, 1.165) is 4.68 Å². The summed E-state index contributed by atoms with van der Waals surface area (Å²) in [7, 11) is 0. The number of aliphatic hydroxyl groups excluding tert-OH is 1. The Kier molecular flexibility index (Phi) is 3.33. The molecule has 15 heavy (non-hydrogen) atoms. The van der Waals surface area contributed by atoms with Crippen LogP contribution in [0.2, 0.25) is 0 Å². The molecule has 0 aliphatic heterocycles. The minimum absolute atomic E-state index is 0.0272. The summed E-state index contributed by atoms with van der Waals surface area (Å²) in [6.45, 7) is 2.93. The first kappa shape index (κ1) is 12.0. The van der Waals surface area contributed by atoms with Crippen LogP contribution in [0.4, 0.5) is 13.2 Å². The largest absolute Gasteiger partial charge is 0.435 e. The first-order chi connectivity index (χ1) is 6.86. The van der Waals surface area contributed by atoms with Gasteiger partial charge in [-0.25, -0.2) is 4.68 Å². The number of hydrogen-bond acceptors (Lipinski definition) is 3. The molecular formula is C8H12F3N3O. The van der Waals surface area contributed by atoms with Gasteiger partial charge in [-0.15, -0.1) is 5.10 Å². The molecule has 0 aliphatic carbocycles. The van der Waals surface area contributed by atoms with Crippen molar-refractivity contribution in [3.05, 3.63) is 11.4 Å². The Morgan fingerprint density at radius 1 is 1.40 bits per heavy atom. The molecule has 0 saturated carbocycles. The molecule has 86 valence electrons. The summed E-state index contributed by atoms with van der Waals surface area (Å²) >= 11 is 0. The van der Waals surface area contributed by atoms with Crippen LogP contribution < -0.4 is 0 Å². The van der Waals surface area contributed by atoms with Crippen molar-refractivity contribution in [2.45, 2.75) is 33.2 Å². The SMILES string of the molecule is CC(C)Cn1nnc(CO)c1C(F)(F)F. The zero-order chi connectivity index (χ0) is 11.6. The fourth-order valence-corrected chi connectivity index (χ4v) is 1.24. The monoisotopic (exact) mass is 223 g/mol. The number of rotatable bonds is 3. The molecule has 0 bridgehead atoms. The van der Waals surface area contributed by atoms with Crippen LogP contribution in [0, 0.1) is 5.92 Å². The lowest BCUT2D eigenvalue weighted by atomic mass is 10.2. The molecule has 0 aliphatic rings. The quantitative estimate of drug-likeness (QED) is 0.843. The Morgan fingerprint density at radius 3 is 2.40 bits per heavy atom. The predicted molar refractivity (Wildman–Crippen MR) is 45.8 cm³/mol. The Bertz CT molecular complexity index is 332. The normalized spacial score (nSPS) is 12.5. The molecule has 1 rings (SSSR count). The summed E-state index contributed by atoms with van der Waals surface area (Å²) in [5, 5.41) is 15.4. The molecule has 1 aromatic rings. The van der Waals surface area contributed by atoms with Crippen LogP contribution in [0.25, 0.3) is 0 Å². The zero-order valence-electron chi connectivity index (χ0n) is 8.41. The van der Waals surface area contributed by atoms with E-state index >= 15 is 0 Å². The van der Waals surface area contributed by atoms with Crippen molar-refractivity contribution in [1.82, 2.24) is 15.0 Å². The average Bonchev–Trinajstić information content (AvgIpc) is 2.45. The molecule has 4 nitrogen and oxygen atoms in total. The molecule has 1 aromatic heterocycles. The standard InChI is InChI=1S/C8H12F3N3O/c1-5(2)3-14-7(8(9,10)11)6(4-15)12-13-14/h5,15H,3-4H2,1-2H3. The van der Waals surface area contributed by atoms with Gasteiger partial charge in [0.1, 0.15) is 5.69 Å². The molecule has 0 amide bonds. The van der Waals surface area contributed by atoms with Crippen molar-refractivity contribution in [3.8, 4) is 0 Å². The van der Waals surface area contributed by atoms with Gasteiger partial charge in [-0.2, -0.15) is 13.2 Å². The highest BCUT2D eigenvalue weighted by Gasteiger charge is 2.39. The van der Waals surface area contributed by atoms with E-state index in [1.54, 1.807) is 13.8 Å². The van der Waals surface area contributed by atoms with Crippen LogP contribution in [-0.4, -0.2) is 20.1 Å². The van der Waals surface area contributed by atoms with Gasteiger partial charge in [-0.1, -0.05) is 19.1 Å². The summed E-state index contributed by atoms with van der Waals surface area (Å²) in [5.41, 5.74) is -1.39. The summed E-state index contributed by atoms with van der Waals surface area (Å²) in [4.78, 5) is 0. The van der Waals surface area contributed by atoms with Crippen LogP contribution in [0.5, 0.6) is 0 Å². The summed E-state index contributed by atoms with van der Waals surface area (Å²) in [5.74, 6) is 0.0272. The van der Waals surface area contributed by atoms with E-state index in [0.29, 0.717) is 0 Å². The molecular weight excluding hydrogens is 211 g/mol. The van der Waals surface area contributed by atoms with Crippen molar-refractivity contribution in [2.24, 2.45) is 5.92 Å². The van der Waals surface area contributed by atoms with Gasteiger partial charge >= 0.3 is 6.18 Å². The first-order valence-corrected chi connectivity index (χ1v) is 4.46. The van der Waals surface area contributed by atoms with E-state index in [-0.39, 0.29) is 12.5 Å². The van der Waals surface area contributed by atoms with E-state index < -0.39 is 24.2 Å². The number of halogens is 3. The number of aromatic nitrogens is 3. The lowest BCUT2D eigenvalue weighted by Crippen LogP contribution is -2.18. The topological polar surface area (TPSA) is 50.9 Å². The van der Waals surface area contributed by atoms with E-state index in [4.69, 9.17) is 5.11 Å². The molecule has 0 fully saturated rings. The van der Waals surface area contributed by atoms with Crippen molar-refractivity contribution in [2.75, 3.05) is 0 Å². The Hall–Kier alpha value is -1.11. The second-order valence-corrected chi connectivity index (χ2v) is 3.62. The third kappa shape index (κ3) is 2.68. The zero-order valence-corrected chi connectivity index (χ0v) is 8.41. The summed E-state index contributed by atoms with van der Waals surface area (Å²) in [6.07, 6.45) is -4.53. The lowest BCUT2D eigenvalue weighted by Gasteiger charge is -2.11. The van der Waals surface area contributed by atoms with Crippen molar-refractivity contribution in [3.63, 3.8) is 0 Å². The fraction of sp³-hybridized carbons (Fsp3) is 0.750. The molecule has 0 spiro atoms. The lowest BCUT2D eigenvalue weighted by molar-refractivity contribution is -0.145. The van der Waals surface area contributed by atoms with Gasteiger partial charge in [0.05, 0.1) is 6.61 Å². The maximum Gasteiger partial charge on any atom is 0.435 e. The maximum atomic E-state index is 12.6. The molecule has 0 radical (unpaired) electrons. The van der Waals surface area contributed by atoms with E-state index in [1.165, 1.54) is 0 Å². The molecule has 0 unspecified atom stereocenters. The van der Waals surface area contributed by atoms with E-state index in [1.807, 2.05) is 0 Å². The molecule has 7 heteroatoms. The van der Waals surface area contributed by atoms with Crippen LogP contribution >= 0.6 is 0 Å². The Balaban J connectivity index is 3.12. The van der Waals surface area contributed by atoms with Gasteiger partial charge in [-0.3, -0.25) is 0 Å². The smallest absolute Gasteiger partial charge is 0.390 e. The minimum Gasteiger partial charge on any atom is -0.390 e. The highest BCUT2D eigenvalue weighted by molar-refractivity contribution is 5.12. The van der Waals surface area contributed by atoms with Gasteiger partial charge < -0.3 is 5.11 Å². The highest BCUT2D eigenvalue weighted by atomic mass is 19.4. The van der Waals surface area contributed by atoms with Gasteiger partial charge in [0.15, 0.2) is 5.69 Å². The van der Waals surface area contributed by atoms with E-state index in [9.17, 15) is 13.2 Å². The first-order valence-electron chi connectivity index (χ1n) is 4.46. The number of alkyl halides is 3. The van der Waals surface area contributed by atoms with Crippen molar-refractivity contribution in [1.29, 1.82) is 0 Å². The summed E-state index contributed by atoms with van der Waals surface area (Å²) < 4.78 is 38.5. The fourth-order valence-electron chi connectivity index (χ4n) is 1.24. The van der Waals surface area contributed by atoms with Crippen molar-refractivity contribution >= 4 is 0 Å². The third-order valence-electron chi connectivity index (χ3n) is 1.76. The second-order valence-electron chi connectivity index (χ2n) is 3.62. The van der Waals surface area contributed by atoms with Gasteiger partial charge in [0, 0.05) is 6.54 Å². The maximum absolute atomic E-state index is 12.6. The molecule has 1 heterocycles. The van der Waals surface area contributed by atoms with Gasteiger partial charge in [0.25, 0.3) is 0 Å². The molecule has 0 saturated heterocycles. The Labute approximate surface area is 84.7 Å². The third-order valence-corrected chi connectivity index (χ3v) is 1.76. The highest BCUT2D eigenvalue weighted by Crippen LogP contribution is 2.31. The second kappa shape index (κ2) is 4.18. The Morgan fingerprint density at radius 2 is 2.00 bits per heavy atom. The van der Waals surface area contributed by atoms with Crippen LogP contribution in [0.15, 0.2) is 0 Å². The summed E-state index contributed by atoms with van der Waals surface area (Å²) in [6, 6.07) is 0. The predicted octanol–water partition coefficient (Wildman–Crippen LogP) is 1.45. The van der Waals surface area contributed by atoms with Crippen LogP contribution in [0.1, 0.15) is 25.2 Å². The number of nitrogens with zero attached hydrogens (tertiary/aromatic N) is 3. The molecule has 0 atom stereocenters. The van der Waals surface area contributed by atoms with Gasteiger partial charge in [-0.05, 0) is 5.92 Å². The van der Waals surface area contributed by atoms with Crippen LogP contribution in [0.3, 0.4) is 0 Å². The number of aliphatic hydroxyl groups is 1. The van der Waals surface area contributed by atoms with Crippen LogP contribution in [-0.2, 0) is 19.3 Å². The minimum atomic E-state index is -4.53. The van der Waals surface area contributed by atoms with E-state index in [2.05, 4.69) is 10.3 Å². The average molecular weight is 223 g/mol. The van der Waals surface area contributed by atoms with Crippen molar-refractivity contribution < 1.29 is 18.3 Å². The molecule has 0 aromatic carbocycles.